The number of piperidine rings is 1. The zero-order valence-corrected chi connectivity index (χ0v) is 12.1. The van der Waals surface area contributed by atoms with E-state index in [0.717, 1.165) is 25.9 Å². The number of carbonyl (C=O) groups is 2. The second-order valence-electron chi connectivity index (χ2n) is 6.00. The Morgan fingerprint density at radius 2 is 2.10 bits per heavy atom. The summed E-state index contributed by atoms with van der Waals surface area (Å²) in [7, 11) is 0. The van der Waals surface area contributed by atoms with E-state index in [-0.39, 0.29) is 12.0 Å². The largest absolute Gasteiger partial charge is 0.481 e. The molecule has 6 heteroatoms. The number of nitrogens with one attached hydrogen (secondary N) is 1. The van der Waals surface area contributed by atoms with Gasteiger partial charge in [-0.1, -0.05) is 0 Å². The first kappa shape index (κ1) is 15.3. The van der Waals surface area contributed by atoms with Crippen LogP contribution in [0.25, 0.3) is 0 Å². The number of aliphatic carboxylic acids is 1. The Labute approximate surface area is 119 Å². The van der Waals surface area contributed by atoms with Crippen LogP contribution in [0.15, 0.2) is 0 Å². The molecule has 2 saturated heterocycles. The van der Waals surface area contributed by atoms with E-state index in [0.29, 0.717) is 32.5 Å². The van der Waals surface area contributed by atoms with Crippen molar-refractivity contribution >= 4 is 11.9 Å². The standard InChI is InChI=1S/C14H24N2O4/c1-14(13(18)19)5-8-16(10-14)12(17)4-9-20-11-2-6-15-7-3-11/h11,15H,2-10H2,1H3,(H,18,19). The number of ether oxygens (including phenoxy) is 1. The number of carbonyl (C=O) groups excluding carboxylic acids is 1. The summed E-state index contributed by atoms with van der Waals surface area (Å²) in [5.74, 6) is -0.817. The Hall–Kier alpha value is -1.14. The molecule has 0 aromatic carbocycles. The van der Waals surface area contributed by atoms with Gasteiger partial charge in [-0.3, -0.25) is 9.59 Å². The minimum absolute atomic E-state index is 0.00362. The SMILES string of the molecule is CC1(C(=O)O)CCN(C(=O)CCOC2CCNCC2)C1. The van der Waals surface area contributed by atoms with Crippen LogP contribution in [0.1, 0.15) is 32.6 Å². The van der Waals surface area contributed by atoms with Crippen LogP contribution in [-0.4, -0.2) is 60.8 Å². The van der Waals surface area contributed by atoms with Crippen LogP contribution in [-0.2, 0) is 14.3 Å². The van der Waals surface area contributed by atoms with E-state index in [1.807, 2.05) is 0 Å². The van der Waals surface area contributed by atoms with Crippen LogP contribution in [0.3, 0.4) is 0 Å². The fraction of sp³-hybridized carbons (Fsp3) is 0.857. The Bertz CT molecular complexity index is 368. The lowest BCUT2D eigenvalue weighted by Gasteiger charge is -2.24. The Balaban J connectivity index is 1.69. The van der Waals surface area contributed by atoms with Gasteiger partial charge < -0.3 is 20.1 Å². The monoisotopic (exact) mass is 284 g/mol. The minimum Gasteiger partial charge on any atom is -0.481 e. The average molecular weight is 284 g/mol. The molecule has 2 rings (SSSR count). The molecule has 0 radical (unpaired) electrons. The van der Waals surface area contributed by atoms with Crippen LogP contribution in [0.4, 0.5) is 0 Å². The first-order valence-corrected chi connectivity index (χ1v) is 7.35. The highest BCUT2D eigenvalue weighted by Gasteiger charge is 2.41. The van der Waals surface area contributed by atoms with Gasteiger partial charge in [0.2, 0.25) is 5.91 Å². The molecular weight excluding hydrogens is 260 g/mol. The molecule has 2 aliphatic heterocycles. The third-order valence-electron chi connectivity index (χ3n) is 4.30. The molecule has 0 spiro atoms. The van der Waals surface area contributed by atoms with E-state index < -0.39 is 11.4 Å². The molecule has 2 heterocycles. The average Bonchev–Trinajstić information content (AvgIpc) is 2.84. The highest BCUT2D eigenvalue weighted by atomic mass is 16.5. The van der Waals surface area contributed by atoms with Crippen molar-refractivity contribution in [1.29, 1.82) is 0 Å². The van der Waals surface area contributed by atoms with Crippen molar-refractivity contribution in [2.24, 2.45) is 5.41 Å². The van der Waals surface area contributed by atoms with Crippen LogP contribution >= 0.6 is 0 Å². The third kappa shape index (κ3) is 3.70. The molecule has 1 unspecified atom stereocenters. The van der Waals surface area contributed by atoms with Crippen LogP contribution in [0.2, 0.25) is 0 Å². The summed E-state index contributed by atoms with van der Waals surface area (Å²) < 4.78 is 5.71. The van der Waals surface area contributed by atoms with Crippen molar-refractivity contribution in [1.82, 2.24) is 10.2 Å². The van der Waals surface area contributed by atoms with Gasteiger partial charge in [0, 0.05) is 13.1 Å². The van der Waals surface area contributed by atoms with Gasteiger partial charge in [0.05, 0.1) is 24.5 Å². The molecular formula is C14H24N2O4. The molecule has 1 amide bonds. The quantitative estimate of drug-likeness (QED) is 0.767. The van der Waals surface area contributed by atoms with Gasteiger partial charge in [-0.15, -0.1) is 0 Å². The number of carboxylic acid groups (broad SMARTS) is 1. The van der Waals surface area contributed by atoms with Crippen LogP contribution in [0, 0.1) is 5.41 Å². The maximum atomic E-state index is 12.0. The number of amides is 1. The molecule has 0 saturated carbocycles. The Morgan fingerprint density at radius 3 is 2.70 bits per heavy atom. The van der Waals surface area contributed by atoms with E-state index in [4.69, 9.17) is 9.84 Å². The maximum absolute atomic E-state index is 12.0. The summed E-state index contributed by atoms with van der Waals surface area (Å²) in [5.41, 5.74) is -0.786. The predicted octanol–water partition coefficient (Wildman–Crippen LogP) is 0.468. The van der Waals surface area contributed by atoms with Gasteiger partial charge in [0.1, 0.15) is 0 Å². The zero-order chi connectivity index (χ0) is 14.6. The summed E-state index contributed by atoms with van der Waals surface area (Å²) in [6.45, 7) is 4.94. The Kier molecular flexibility index (Phi) is 4.99. The van der Waals surface area contributed by atoms with E-state index in [1.165, 1.54) is 0 Å². The van der Waals surface area contributed by atoms with E-state index in [9.17, 15) is 9.59 Å². The third-order valence-corrected chi connectivity index (χ3v) is 4.30. The summed E-state index contributed by atoms with van der Waals surface area (Å²) in [6.07, 6.45) is 3.12. The molecule has 0 aromatic rings. The molecule has 0 aliphatic carbocycles. The topological polar surface area (TPSA) is 78.9 Å². The minimum atomic E-state index is -0.821. The van der Waals surface area contributed by atoms with Crippen LogP contribution in [0.5, 0.6) is 0 Å². The zero-order valence-electron chi connectivity index (χ0n) is 12.1. The normalized spacial score (nSPS) is 27.8. The number of nitrogens with zero attached hydrogens (tertiary/aromatic N) is 1. The highest BCUT2D eigenvalue weighted by Crippen LogP contribution is 2.30. The number of hydrogen-bond acceptors (Lipinski definition) is 4. The van der Waals surface area contributed by atoms with Crippen molar-refractivity contribution in [2.75, 3.05) is 32.8 Å². The smallest absolute Gasteiger partial charge is 0.311 e. The van der Waals surface area contributed by atoms with Gasteiger partial charge in [0.25, 0.3) is 0 Å². The van der Waals surface area contributed by atoms with Gasteiger partial charge in [-0.05, 0) is 39.3 Å². The number of hydrogen-bond donors (Lipinski definition) is 2. The highest BCUT2D eigenvalue weighted by molar-refractivity contribution is 5.80. The molecule has 6 nitrogen and oxygen atoms in total. The van der Waals surface area contributed by atoms with Crippen molar-refractivity contribution in [3.8, 4) is 0 Å². The molecule has 0 bridgehead atoms. The molecule has 2 N–H and O–H groups in total. The lowest BCUT2D eigenvalue weighted by Crippen LogP contribution is -2.36. The van der Waals surface area contributed by atoms with Gasteiger partial charge in [-0.2, -0.15) is 0 Å². The number of likely N-dealkylation sites (tertiary alicyclic amines) is 1. The fourth-order valence-electron chi connectivity index (χ4n) is 2.78. The van der Waals surface area contributed by atoms with E-state index >= 15 is 0 Å². The summed E-state index contributed by atoms with van der Waals surface area (Å²) in [4.78, 5) is 24.8. The summed E-state index contributed by atoms with van der Waals surface area (Å²) in [6, 6.07) is 0. The van der Waals surface area contributed by atoms with Gasteiger partial charge >= 0.3 is 5.97 Å². The van der Waals surface area contributed by atoms with Crippen molar-refractivity contribution in [2.45, 2.75) is 38.7 Å². The number of carboxylic acids is 1. The second-order valence-corrected chi connectivity index (χ2v) is 6.00. The second kappa shape index (κ2) is 6.54. The maximum Gasteiger partial charge on any atom is 0.311 e. The summed E-state index contributed by atoms with van der Waals surface area (Å²) >= 11 is 0. The molecule has 1 atom stereocenters. The van der Waals surface area contributed by atoms with Crippen molar-refractivity contribution in [3.63, 3.8) is 0 Å². The lowest BCUT2D eigenvalue weighted by molar-refractivity contribution is -0.147. The molecule has 2 fully saturated rings. The van der Waals surface area contributed by atoms with Gasteiger partial charge in [-0.25, -0.2) is 0 Å². The van der Waals surface area contributed by atoms with E-state index in [2.05, 4.69) is 5.32 Å². The molecule has 0 aromatic heterocycles. The summed E-state index contributed by atoms with van der Waals surface area (Å²) in [5, 5.41) is 12.4. The molecule has 114 valence electrons. The molecule has 2 aliphatic rings. The fourth-order valence-corrected chi connectivity index (χ4v) is 2.78. The van der Waals surface area contributed by atoms with Crippen molar-refractivity contribution in [3.05, 3.63) is 0 Å². The first-order valence-electron chi connectivity index (χ1n) is 7.35. The number of rotatable bonds is 5. The van der Waals surface area contributed by atoms with Gasteiger partial charge in [0.15, 0.2) is 0 Å². The predicted molar refractivity (Wildman–Crippen MR) is 73.4 cm³/mol. The Morgan fingerprint density at radius 1 is 1.40 bits per heavy atom. The first-order chi connectivity index (χ1) is 9.51. The molecule has 20 heavy (non-hydrogen) atoms. The van der Waals surface area contributed by atoms with Crippen LogP contribution < -0.4 is 5.32 Å². The van der Waals surface area contributed by atoms with E-state index in [1.54, 1.807) is 11.8 Å². The van der Waals surface area contributed by atoms with Crippen molar-refractivity contribution < 1.29 is 19.4 Å². The lowest BCUT2D eigenvalue weighted by atomic mass is 9.90.